The van der Waals surface area contributed by atoms with E-state index in [0.29, 0.717) is 42.7 Å². The van der Waals surface area contributed by atoms with Crippen molar-refractivity contribution in [3.05, 3.63) is 58.7 Å². The number of likely N-dealkylation sites (tertiary alicyclic amines) is 1. The van der Waals surface area contributed by atoms with Crippen molar-refractivity contribution in [2.24, 2.45) is 0 Å². The van der Waals surface area contributed by atoms with E-state index in [1.165, 1.54) is 24.8 Å². The number of piperazine rings is 1. The van der Waals surface area contributed by atoms with Gasteiger partial charge in [0.15, 0.2) is 0 Å². The first-order valence-corrected chi connectivity index (χ1v) is 14.7. The van der Waals surface area contributed by atoms with Crippen molar-refractivity contribution in [3.8, 4) is 24.3 Å². The van der Waals surface area contributed by atoms with Gasteiger partial charge in [0.05, 0.1) is 0 Å². The van der Waals surface area contributed by atoms with Crippen molar-refractivity contribution in [2.45, 2.75) is 56.8 Å². The highest BCUT2D eigenvalue weighted by atomic mass is 16.5. The van der Waals surface area contributed by atoms with E-state index in [9.17, 15) is 5.26 Å². The Morgan fingerprint density at radius 1 is 1.07 bits per heavy atom. The van der Waals surface area contributed by atoms with E-state index < -0.39 is 0 Å². The molecule has 204 valence electrons. The topological polar surface area (TPSA) is 67.7 Å². The first-order valence-electron chi connectivity index (χ1n) is 14.7. The summed E-state index contributed by atoms with van der Waals surface area (Å²) in [5, 5.41) is 16.3. The summed E-state index contributed by atoms with van der Waals surface area (Å²) in [4.78, 5) is 12.5. The van der Waals surface area contributed by atoms with Crippen LogP contribution >= 0.6 is 0 Å². The number of nitriles is 1. The SMILES string of the molecule is C#Cc1cccc2cccc(N3CCc4c(N5C6CCC5CNC6)nc(OC[C@@H]5CCCN5C)c(C#N)c4C3)c12. The summed E-state index contributed by atoms with van der Waals surface area (Å²) in [7, 11) is 2.16. The molecule has 7 heteroatoms. The van der Waals surface area contributed by atoms with Gasteiger partial charge in [0.2, 0.25) is 5.88 Å². The van der Waals surface area contributed by atoms with E-state index in [-0.39, 0.29) is 0 Å². The molecule has 0 amide bonds. The fourth-order valence-electron chi connectivity index (χ4n) is 7.42. The summed E-state index contributed by atoms with van der Waals surface area (Å²) >= 11 is 0. The maximum Gasteiger partial charge on any atom is 0.234 e. The quantitative estimate of drug-likeness (QED) is 0.497. The standard InChI is InChI=1S/C33H36N6O/c1-3-22-7-4-8-23-9-5-11-30(31(22)23)38-16-14-27-29(20-38)28(17-34)33(40-21-26-10-6-15-37(26)2)36-32(27)39-24-12-13-25(39)19-35-18-24/h1,4-5,7-9,11,24-26,35H,6,10,12-16,18-21H2,2H3/t24?,25?,26-/m0/s1. The molecule has 3 fully saturated rings. The molecule has 2 unspecified atom stereocenters. The van der Waals surface area contributed by atoms with Gasteiger partial charge < -0.3 is 24.8 Å². The average molecular weight is 533 g/mol. The van der Waals surface area contributed by atoms with Gasteiger partial charge in [-0.2, -0.15) is 10.2 Å². The van der Waals surface area contributed by atoms with Crippen molar-refractivity contribution < 1.29 is 4.74 Å². The lowest BCUT2D eigenvalue weighted by atomic mass is 9.93. The summed E-state index contributed by atoms with van der Waals surface area (Å²) in [5.74, 6) is 4.43. The van der Waals surface area contributed by atoms with Crippen LogP contribution in [0.15, 0.2) is 36.4 Å². The Morgan fingerprint density at radius 2 is 1.88 bits per heavy atom. The number of rotatable bonds is 5. The minimum Gasteiger partial charge on any atom is -0.475 e. The molecule has 0 saturated carbocycles. The van der Waals surface area contributed by atoms with E-state index in [4.69, 9.17) is 16.1 Å². The van der Waals surface area contributed by atoms with Gasteiger partial charge in [-0.1, -0.05) is 30.2 Å². The number of benzene rings is 2. The van der Waals surface area contributed by atoms with Crippen LogP contribution in [0.3, 0.4) is 0 Å². The van der Waals surface area contributed by atoms with Crippen LogP contribution in [0.2, 0.25) is 0 Å². The summed E-state index contributed by atoms with van der Waals surface area (Å²) in [6.07, 6.45) is 11.4. The number of fused-ring (bicyclic) bond motifs is 4. The van der Waals surface area contributed by atoms with E-state index in [1.54, 1.807) is 0 Å². The summed E-state index contributed by atoms with van der Waals surface area (Å²) in [5.41, 5.74) is 4.88. The normalized spacial score (nSPS) is 24.1. The predicted molar refractivity (Wildman–Crippen MR) is 159 cm³/mol. The molecule has 1 aromatic heterocycles. The number of nitrogens with zero attached hydrogens (tertiary/aromatic N) is 5. The van der Waals surface area contributed by atoms with Gasteiger partial charge in [-0.15, -0.1) is 6.42 Å². The van der Waals surface area contributed by atoms with Crippen LogP contribution < -0.4 is 19.9 Å². The van der Waals surface area contributed by atoms with E-state index in [0.717, 1.165) is 72.4 Å². The number of hydrogen-bond acceptors (Lipinski definition) is 7. The van der Waals surface area contributed by atoms with Crippen molar-refractivity contribution >= 4 is 22.3 Å². The molecule has 4 aliphatic rings. The Balaban J connectivity index is 1.32. The van der Waals surface area contributed by atoms with Crippen molar-refractivity contribution in [2.75, 3.05) is 49.6 Å². The second-order valence-corrected chi connectivity index (χ2v) is 11.7. The second-order valence-electron chi connectivity index (χ2n) is 11.7. The van der Waals surface area contributed by atoms with Crippen molar-refractivity contribution in [3.63, 3.8) is 0 Å². The molecule has 3 aromatic rings. The number of ether oxygens (including phenoxy) is 1. The largest absolute Gasteiger partial charge is 0.475 e. The number of pyridine rings is 1. The van der Waals surface area contributed by atoms with Gasteiger partial charge in [-0.25, -0.2) is 0 Å². The highest BCUT2D eigenvalue weighted by Crippen LogP contribution is 2.42. The predicted octanol–water partition coefficient (Wildman–Crippen LogP) is 4.06. The third-order valence-corrected chi connectivity index (χ3v) is 9.54. The molecule has 7 nitrogen and oxygen atoms in total. The molecule has 2 aromatic carbocycles. The van der Waals surface area contributed by atoms with Gasteiger partial charge in [-0.3, -0.25) is 0 Å². The molecule has 1 N–H and O–H groups in total. The lowest BCUT2D eigenvalue weighted by Gasteiger charge is -2.40. The monoisotopic (exact) mass is 532 g/mol. The molecule has 40 heavy (non-hydrogen) atoms. The lowest BCUT2D eigenvalue weighted by molar-refractivity contribution is 0.192. The zero-order valence-corrected chi connectivity index (χ0v) is 23.2. The van der Waals surface area contributed by atoms with E-state index >= 15 is 0 Å². The molecule has 0 radical (unpaired) electrons. The van der Waals surface area contributed by atoms with Gasteiger partial charge in [0.1, 0.15) is 24.1 Å². The minimum absolute atomic E-state index is 0.359. The van der Waals surface area contributed by atoms with Crippen LogP contribution in [0.4, 0.5) is 11.5 Å². The summed E-state index contributed by atoms with van der Waals surface area (Å²) in [6.45, 7) is 5.08. The van der Waals surface area contributed by atoms with Gasteiger partial charge >= 0.3 is 0 Å². The first kappa shape index (κ1) is 25.2. The number of terminal acetylenes is 1. The molecular weight excluding hydrogens is 496 g/mol. The van der Waals surface area contributed by atoms with Crippen LogP contribution in [0.5, 0.6) is 5.88 Å². The van der Waals surface area contributed by atoms with Crippen LogP contribution in [-0.4, -0.2) is 67.8 Å². The number of hydrogen-bond donors (Lipinski definition) is 1. The third-order valence-electron chi connectivity index (χ3n) is 9.54. The highest BCUT2D eigenvalue weighted by molar-refractivity contribution is 5.99. The molecule has 7 rings (SSSR count). The molecule has 0 aliphatic carbocycles. The first-order chi connectivity index (χ1) is 19.7. The molecule has 3 atom stereocenters. The Labute approximate surface area is 236 Å². The lowest BCUT2D eigenvalue weighted by Crippen LogP contribution is -2.53. The number of aromatic nitrogens is 1. The van der Waals surface area contributed by atoms with Gasteiger partial charge in [0.25, 0.3) is 0 Å². The summed E-state index contributed by atoms with van der Waals surface area (Å²) < 4.78 is 6.46. The van der Waals surface area contributed by atoms with Crippen LogP contribution in [-0.2, 0) is 13.0 Å². The Kier molecular flexibility index (Phi) is 6.50. The molecule has 0 spiro atoms. The van der Waals surface area contributed by atoms with Crippen molar-refractivity contribution in [1.29, 1.82) is 5.26 Å². The molecular formula is C33H36N6O. The second kappa shape index (κ2) is 10.3. The maximum atomic E-state index is 10.5. The minimum atomic E-state index is 0.359. The van der Waals surface area contributed by atoms with E-state index in [1.807, 2.05) is 12.1 Å². The number of nitrogens with one attached hydrogen (secondary N) is 1. The molecule has 4 aliphatic heterocycles. The fourth-order valence-corrected chi connectivity index (χ4v) is 7.42. The molecule has 3 saturated heterocycles. The number of likely N-dealkylation sites (N-methyl/N-ethyl adjacent to an activating group) is 1. The number of anilines is 2. The zero-order chi connectivity index (χ0) is 27.2. The fraction of sp³-hybridized carbons (Fsp3) is 0.455. The Morgan fingerprint density at radius 3 is 2.60 bits per heavy atom. The van der Waals surface area contributed by atoms with Gasteiger partial charge in [-0.05, 0) is 63.2 Å². The molecule has 2 bridgehead atoms. The van der Waals surface area contributed by atoms with Crippen molar-refractivity contribution in [1.82, 2.24) is 15.2 Å². The Hall–Kier alpha value is -3.78. The smallest absolute Gasteiger partial charge is 0.234 e. The van der Waals surface area contributed by atoms with Crippen LogP contribution in [0, 0.1) is 23.7 Å². The third kappa shape index (κ3) is 4.17. The van der Waals surface area contributed by atoms with E-state index in [2.05, 4.69) is 63.3 Å². The zero-order valence-electron chi connectivity index (χ0n) is 23.2. The van der Waals surface area contributed by atoms with Gasteiger partial charge in [0, 0.05) is 72.1 Å². The summed E-state index contributed by atoms with van der Waals surface area (Å²) in [6, 6.07) is 16.3. The van der Waals surface area contributed by atoms with Crippen LogP contribution in [0.1, 0.15) is 47.9 Å². The highest BCUT2D eigenvalue weighted by Gasteiger charge is 2.40. The van der Waals surface area contributed by atoms with Crippen LogP contribution in [0.25, 0.3) is 10.8 Å². The molecule has 5 heterocycles. The average Bonchev–Trinajstić information content (AvgIpc) is 3.51. The Bertz CT molecular complexity index is 1520. The maximum absolute atomic E-state index is 10.5.